The molecule has 0 unspecified atom stereocenters. The Morgan fingerprint density at radius 3 is 2.39 bits per heavy atom. The Labute approximate surface area is 136 Å². The van der Waals surface area contributed by atoms with E-state index in [0.717, 1.165) is 35.1 Å². The smallest absolute Gasteiger partial charge is 0.228 e. The number of benzene rings is 2. The number of hydrogen-bond donors (Lipinski definition) is 1. The Hall–Kier alpha value is -2.55. The van der Waals surface area contributed by atoms with Crippen LogP contribution >= 0.6 is 0 Å². The fraction of sp³-hybridized carbons (Fsp3) is 0.250. The summed E-state index contributed by atoms with van der Waals surface area (Å²) in [7, 11) is 0. The number of anilines is 1. The summed E-state index contributed by atoms with van der Waals surface area (Å²) in [5, 5.41) is 3.97. The number of furan rings is 1. The minimum absolute atomic E-state index is 0.0288. The Bertz CT molecular complexity index is 815. The molecule has 0 atom stereocenters. The molecule has 1 heterocycles. The van der Waals surface area contributed by atoms with Crippen molar-refractivity contribution < 1.29 is 9.21 Å². The van der Waals surface area contributed by atoms with Crippen LogP contribution in [-0.2, 0) is 24.1 Å². The molecule has 23 heavy (non-hydrogen) atoms. The molecule has 3 heteroatoms. The van der Waals surface area contributed by atoms with Gasteiger partial charge in [0.2, 0.25) is 5.91 Å². The molecule has 0 aliphatic carbocycles. The van der Waals surface area contributed by atoms with E-state index < -0.39 is 0 Å². The van der Waals surface area contributed by atoms with Gasteiger partial charge in [-0.25, -0.2) is 0 Å². The molecule has 0 spiro atoms. The van der Waals surface area contributed by atoms with Gasteiger partial charge in [-0.15, -0.1) is 0 Å². The van der Waals surface area contributed by atoms with Crippen LogP contribution < -0.4 is 5.32 Å². The summed E-state index contributed by atoms with van der Waals surface area (Å²) < 4.78 is 5.55. The lowest BCUT2D eigenvalue weighted by Crippen LogP contribution is -2.14. The number of hydrogen-bond acceptors (Lipinski definition) is 2. The highest BCUT2D eigenvalue weighted by Gasteiger charge is 2.11. The lowest BCUT2D eigenvalue weighted by Gasteiger charge is -2.05. The largest absolute Gasteiger partial charge is 0.464 e. The van der Waals surface area contributed by atoms with Gasteiger partial charge < -0.3 is 9.73 Å². The van der Waals surface area contributed by atoms with Gasteiger partial charge in [-0.2, -0.15) is 0 Å². The number of amides is 1. The molecule has 0 fully saturated rings. The fourth-order valence-corrected chi connectivity index (χ4v) is 2.69. The number of nitrogens with one attached hydrogen (secondary N) is 1. The Morgan fingerprint density at radius 2 is 1.70 bits per heavy atom. The van der Waals surface area contributed by atoms with Crippen molar-refractivity contribution in [3.63, 3.8) is 0 Å². The summed E-state index contributed by atoms with van der Waals surface area (Å²) in [5.41, 5.74) is 5.09. The Balaban J connectivity index is 1.74. The maximum atomic E-state index is 12.3. The first kappa shape index (κ1) is 15.3. The van der Waals surface area contributed by atoms with E-state index in [1.54, 1.807) is 6.26 Å². The molecule has 118 valence electrons. The summed E-state index contributed by atoms with van der Waals surface area (Å²) in [6.07, 6.45) is 3.96. The van der Waals surface area contributed by atoms with Gasteiger partial charge in [0.05, 0.1) is 12.7 Å². The van der Waals surface area contributed by atoms with Crippen LogP contribution in [0.1, 0.15) is 30.5 Å². The van der Waals surface area contributed by atoms with Crippen molar-refractivity contribution in [2.75, 3.05) is 5.32 Å². The maximum Gasteiger partial charge on any atom is 0.228 e. The van der Waals surface area contributed by atoms with Gasteiger partial charge in [-0.05, 0) is 48.2 Å². The molecule has 2 aromatic carbocycles. The molecular weight excluding hydrogens is 286 g/mol. The van der Waals surface area contributed by atoms with Crippen LogP contribution in [0.25, 0.3) is 11.0 Å². The van der Waals surface area contributed by atoms with Gasteiger partial charge in [-0.3, -0.25) is 4.79 Å². The first-order valence-electron chi connectivity index (χ1n) is 8.07. The molecule has 1 aromatic heterocycles. The van der Waals surface area contributed by atoms with E-state index in [0.29, 0.717) is 6.42 Å². The van der Waals surface area contributed by atoms with Crippen LogP contribution in [-0.4, -0.2) is 5.91 Å². The molecule has 0 saturated carbocycles. The molecular formula is C20H21NO2. The topological polar surface area (TPSA) is 42.2 Å². The highest BCUT2D eigenvalue weighted by Crippen LogP contribution is 2.23. The summed E-state index contributed by atoms with van der Waals surface area (Å²) >= 11 is 0. The lowest BCUT2D eigenvalue weighted by molar-refractivity contribution is -0.115. The minimum atomic E-state index is -0.0288. The highest BCUT2D eigenvalue weighted by atomic mass is 16.3. The van der Waals surface area contributed by atoms with Gasteiger partial charge in [0.25, 0.3) is 0 Å². The van der Waals surface area contributed by atoms with E-state index >= 15 is 0 Å². The Kier molecular flexibility index (Phi) is 4.47. The second-order valence-electron chi connectivity index (χ2n) is 5.72. The van der Waals surface area contributed by atoms with Gasteiger partial charge in [0.15, 0.2) is 0 Å². The summed E-state index contributed by atoms with van der Waals surface area (Å²) in [6, 6.07) is 14.1. The van der Waals surface area contributed by atoms with Crippen LogP contribution in [0.4, 0.5) is 5.69 Å². The van der Waals surface area contributed by atoms with E-state index in [4.69, 9.17) is 4.42 Å². The molecule has 1 N–H and O–H groups in total. The number of aryl methyl sites for hydroxylation is 2. The van der Waals surface area contributed by atoms with Gasteiger partial charge in [0, 0.05) is 16.6 Å². The van der Waals surface area contributed by atoms with Crippen LogP contribution in [0, 0.1) is 0 Å². The molecule has 1 amide bonds. The summed E-state index contributed by atoms with van der Waals surface area (Å²) in [5.74, 6) is -0.0288. The molecule has 3 rings (SSSR count). The third-order valence-electron chi connectivity index (χ3n) is 4.12. The van der Waals surface area contributed by atoms with Crippen LogP contribution in [0.15, 0.2) is 53.1 Å². The van der Waals surface area contributed by atoms with Crippen LogP contribution in [0.3, 0.4) is 0 Å². The predicted molar refractivity (Wildman–Crippen MR) is 93.7 cm³/mol. The van der Waals surface area contributed by atoms with Crippen LogP contribution in [0.2, 0.25) is 0 Å². The molecule has 3 nitrogen and oxygen atoms in total. The zero-order chi connectivity index (χ0) is 16.2. The average Bonchev–Trinajstić information content (AvgIpc) is 2.97. The normalized spacial score (nSPS) is 10.9. The van der Waals surface area contributed by atoms with E-state index in [2.05, 4.69) is 31.3 Å². The monoisotopic (exact) mass is 307 g/mol. The number of carbonyl (C=O) groups excluding carboxylic acids is 1. The second kappa shape index (κ2) is 6.69. The molecule has 0 saturated heterocycles. The third-order valence-corrected chi connectivity index (χ3v) is 4.12. The highest BCUT2D eigenvalue weighted by molar-refractivity contribution is 5.95. The van der Waals surface area contributed by atoms with E-state index in [-0.39, 0.29) is 5.91 Å². The zero-order valence-corrected chi connectivity index (χ0v) is 13.6. The molecule has 0 radical (unpaired) electrons. The molecule has 0 aliphatic heterocycles. The SMILES string of the molecule is CCc1ccc(NC(=O)Cc2coc3ccc(CC)cc23)cc1. The fourth-order valence-electron chi connectivity index (χ4n) is 2.69. The van der Waals surface area contributed by atoms with Gasteiger partial charge in [0.1, 0.15) is 5.58 Å². The molecule has 3 aromatic rings. The first-order chi connectivity index (χ1) is 11.2. The maximum absolute atomic E-state index is 12.3. The number of carbonyl (C=O) groups is 1. The number of rotatable bonds is 5. The predicted octanol–water partition coefficient (Wildman–Crippen LogP) is 4.74. The molecule has 0 aliphatic rings. The quantitative estimate of drug-likeness (QED) is 0.740. The third kappa shape index (κ3) is 3.45. The van der Waals surface area contributed by atoms with E-state index in [9.17, 15) is 4.79 Å². The Morgan fingerprint density at radius 1 is 1.00 bits per heavy atom. The lowest BCUT2D eigenvalue weighted by atomic mass is 10.1. The second-order valence-corrected chi connectivity index (χ2v) is 5.72. The zero-order valence-electron chi connectivity index (χ0n) is 13.6. The van der Waals surface area contributed by atoms with Crippen molar-refractivity contribution in [2.24, 2.45) is 0 Å². The average molecular weight is 307 g/mol. The van der Waals surface area contributed by atoms with E-state index in [1.165, 1.54) is 11.1 Å². The van der Waals surface area contributed by atoms with Gasteiger partial charge >= 0.3 is 0 Å². The van der Waals surface area contributed by atoms with E-state index in [1.807, 2.05) is 30.3 Å². The van der Waals surface area contributed by atoms with Crippen molar-refractivity contribution in [3.05, 3.63) is 65.4 Å². The van der Waals surface area contributed by atoms with Crippen molar-refractivity contribution in [3.8, 4) is 0 Å². The van der Waals surface area contributed by atoms with Crippen LogP contribution in [0.5, 0.6) is 0 Å². The van der Waals surface area contributed by atoms with Crippen molar-refractivity contribution in [1.29, 1.82) is 0 Å². The summed E-state index contributed by atoms with van der Waals surface area (Å²) in [6.45, 7) is 4.23. The van der Waals surface area contributed by atoms with Gasteiger partial charge in [-0.1, -0.05) is 32.0 Å². The van der Waals surface area contributed by atoms with Crippen molar-refractivity contribution in [1.82, 2.24) is 0 Å². The van der Waals surface area contributed by atoms with Crippen molar-refractivity contribution >= 4 is 22.6 Å². The van der Waals surface area contributed by atoms with Crippen molar-refractivity contribution in [2.45, 2.75) is 33.1 Å². The standard InChI is InChI=1S/C20H21NO2/c1-3-14-5-8-17(9-6-14)21-20(22)12-16-13-23-19-10-7-15(4-2)11-18(16)19/h5-11,13H,3-4,12H2,1-2H3,(H,21,22). The summed E-state index contributed by atoms with van der Waals surface area (Å²) in [4.78, 5) is 12.3. The first-order valence-corrected chi connectivity index (χ1v) is 8.07. The molecule has 0 bridgehead atoms. The number of fused-ring (bicyclic) bond motifs is 1. The minimum Gasteiger partial charge on any atom is -0.464 e.